The molecule has 0 aliphatic heterocycles. The Kier molecular flexibility index (Phi) is 12.8. The van der Waals surface area contributed by atoms with Crippen molar-refractivity contribution in [3.05, 3.63) is 60.2 Å². The summed E-state index contributed by atoms with van der Waals surface area (Å²) in [4.78, 5) is 0. The maximum absolute atomic E-state index is 5.88. The topological polar surface area (TPSA) is 9.23 Å². The van der Waals surface area contributed by atoms with Gasteiger partial charge in [-0.15, -0.1) is 0 Å². The second-order valence-electron chi connectivity index (χ2n) is 10.8. The zero-order chi connectivity index (χ0) is 25.0. The van der Waals surface area contributed by atoms with Crippen LogP contribution in [0.15, 0.2) is 54.6 Å². The van der Waals surface area contributed by atoms with Gasteiger partial charge in [-0.1, -0.05) is 19.3 Å². The van der Waals surface area contributed by atoms with Gasteiger partial charge in [0.05, 0.1) is 17.0 Å². The van der Waals surface area contributed by atoms with Crippen molar-refractivity contribution >= 4 is 31.9 Å². The van der Waals surface area contributed by atoms with E-state index in [2.05, 4.69) is 0 Å². The molecule has 0 radical (unpaired) electrons. The van der Waals surface area contributed by atoms with Crippen molar-refractivity contribution in [2.75, 3.05) is 0 Å². The first-order valence-electron chi connectivity index (χ1n) is 14.2. The summed E-state index contributed by atoms with van der Waals surface area (Å²) in [6.45, 7) is 0. The Morgan fingerprint density at radius 3 is 1.53 bits per heavy atom. The van der Waals surface area contributed by atoms with Crippen LogP contribution in [-0.4, -0.2) is 21.6 Å². The van der Waals surface area contributed by atoms with Crippen LogP contribution in [0.1, 0.15) is 102 Å². The molecule has 5 heteroatoms. The van der Waals surface area contributed by atoms with Crippen molar-refractivity contribution in [1.82, 2.24) is 0 Å². The summed E-state index contributed by atoms with van der Waals surface area (Å²) in [6.07, 6.45) is 23.8. The Labute approximate surface area is 234 Å². The van der Waals surface area contributed by atoms with E-state index in [9.17, 15) is 0 Å². The van der Waals surface area contributed by atoms with Gasteiger partial charge in [-0.2, -0.15) is 0 Å². The number of ether oxygens (including phenoxy) is 1. The van der Waals surface area contributed by atoms with Gasteiger partial charge in [0, 0.05) is 7.92 Å². The quantitative estimate of drug-likeness (QED) is 0.227. The van der Waals surface area contributed by atoms with Gasteiger partial charge in [0.15, 0.2) is 0 Å². The SMILES string of the molecule is C1CCC([PH+](C2CCCCC2)C2CCCCC2)CC1.[Cl][Ru]([Cl])=[CH]c1ccccc1Oc1ccccc1. The molecule has 5 rings (SSSR count). The van der Waals surface area contributed by atoms with E-state index in [4.69, 9.17) is 24.1 Å². The molecule has 0 N–H and O–H groups in total. The van der Waals surface area contributed by atoms with Crippen molar-refractivity contribution in [3.63, 3.8) is 0 Å². The molecular weight excluding hydrogens is 591 g/mol. The van der Waals surface area contributed by atoms with Crippen LogP contribution in [0, 0.1) is 0 Å². The molecule has 0 bridgehead atoms. The Balaban J connectivity index is 0.000000170. The molecule has 0 spiro atoms. The summed E-state index contributed by atoms with van der Waals surface area (Å²) in [5.41, 5.74) is 4.63. The van der Waals surface area contributed by atoms with E-state index in [1.54, 1.807) is 96.3 Å². The fraction of sp³-hybridized carbons (Fsp3) is 0.581. The summed E-state index contributed by atoms with van der Waals surface area (Å²) < 4.78 is 7.67. The van der Waals surface area contributed by atoms with Crippen LogP contribution in [-0.2, 0) is 13.5 Å². The predicted octanol–water partition coefficient (Wildman–Crippen LogP) is 10.8. The third-order valence-corrected chi connectivity index (χ3v) is 14.7. The van der Waals surface area contributed by atoms with Gasteiger partial charge in [0.2, 0.25) is 0 Å². The van der Waals surface area contributed by atoms with Gasteiger partial charge in [0.25, 0.3) is 0 Å². The third kappa shape index (κ3) is 9.19. The van der Waals surface area contributed by atoms with Crippen molar-refractivity contribution in [2.24, 2.45) is 0 Å². The average molecular weight is 636 g/mol. The molecular formula is C31H44Cl2OPRu+. The molecule has 2 aromatic carbocycles. The van der Waals surface area contributed by atoms with Crippen LogP contribution < -0.4 is 4.74 Å². The van der Waals surface area contributed by atoms with E-state index >= 15 is 0 Å². The molecule has 0 heterocycles. The summed E-state index contributed by atoms with van der Waals surface area (Å²) in [5.74, 6) is 1.58. The van der Waals surface area contributed by atoms with Crippen molar-refractivity contribution < 1.29 is 18.3 Å². The Bertz CT molecular complexity index is 872. The Hall–Kier alpha value is -0.257. The Morgan fingerprint density at radius 1 is 0.611 bits per heavy atom. The third-order valence-electron chi connectivity index (χ3n) is 8.31. The normalized spacial score (nSPS) is 20.4. The zero-order valence-corrected chi connectivity index (χ0v) is 25.9. The van der Waals surface area contributed by atoms with E-state index in [1.807, 2.05) is 59.2 Å². The van der Waals surface area contributed by atoms with E-state index in [1.165, 1.54) is 17.0 Å². The standard InChI is InChI=1S/C18H33P.C13H10O.2ClH.Ru/c1-4-10-16(11-5-1)19(17-12-6-2-7-13-17)18-14-8-3-9-15-18;1-11-7-5-6-10-13(11)14-12-8-3-2-4-9-12;;;/h16-18H,1-15H2;1-10H;2*1H;/q;;;;+2/p-1. The first-order chi connectivity index (χ1) is 17.7. The first kappa shape index (κ1) is 28.7. The van der Waals surface area contributed by atoms with Crippen LogP contribution in [0.25, 0.3) is 0 Å². The molecule has 3 aliphatic carbocycles. The molecule has 36 heavy (non-hydrogen) atoms. The molecule has 200 valence electrons. The molecule has 0 unspecified atom stereocenters. The van der Waals surface area contributed by atoms with Gasteiger partial charge in [-0.05, 0) is 77.0 Å². The van der Waals surface area contributed by atoms with Crippen LogP contribution in [0.3, 0.4) is 0 Å². The van der Waals surface area contributed by atoms with Crippen LogP contribution >= 0.6 is 27.3 Å². The van der Waals surface area contributed by atoms with E-state index in [-0.39, 0.29) is 7.92 Å². The van der Waals surface area contributed by atoms with Gasteiger partial charge in [0.1, 0.15) is 0 Å². The molecule has 0 saturated heterocycles. The van der Waals surface area contributed by atoms with Crippen molar-refractivity contribution in [2.45, 2.75) is 113 Å². The van der Waals surface area contributed by atoms with Crippen LogP contribution in [0.5, 0.6) is 11.5 Å². The number of hydrogen-bond acceptors (Lipinski definition) is 1. The summed E-state index contributed by atoms with van der Waals surface area (Å²) in [5, 5.41) is 0. The number of benzene rings is 2. The van der Waals surface area contributed by atoms with Crippen molar-refractivity contribution in [3.8, 4) is 11.5 Å². The predicted molar refractivity (Wildman–Crippen MR) is 159 cm³/mol. The van der Waals surface area contributed by atoms with Crippen molar-refractivity contribution in [1.29, 1.82) is 0 Å². The number of halogens is 2. The van der Waals surface area contributed by atoms with Gasteiger partial charge in [-0.3, -0.25) is 0 Å². The molecule has 0 aromatic heterocycles. The molecule has 1 nitrogen and oxygen atoms in total. The molecule has 3 aliphatic rings. The average Bonchev–Trinajstić information content (AvgIpc) is 2.93. The number of hydrogen-bond donors (Lipinski definition) is 0. The Morgan fingerprint density at radius 2 is 1.06 bits per heavy atom. The summed E-state index contributed by atoms with van der Waals surface area (Å²) in [6, 6.07) is 17.4. The monoisotopic (exact) mass is 635 g/mol. The summed E-state index contributed by atoms with van der Waals surface area (Å²) >= 11 is -1.83. The fourth-order valence-electron chi connectivity index (χ4n) is 6.66. The number of rotatable bonds is 6. The molecule has 0 amide bonds. The number of para-hydroxylation sites is 2. The minimum atomic E-state index is -1.83. The molecule has 2 aromatic rings. The van der Waals surface area contributed by atoms with Gasteiger partial charge in [-0.25, -0.2) is 0 Å². The van der Waals surface area contributed by atoms with E-state index in [0.29, 0.717) is 0 Å². The second-order valence-corrected chi connectivity index (χ2v) is 19.9. The van der Waals surface area contributed by atoms with Gasteiger partial charge >= 0.3 is 114 Å². The molecule has 3 saturated carbocycles. The zero-order valence-electron chi connectivity index (χ0n) is 21.6. The van der Waals surface area contributed by atoms with Crippen LogP contribution in [0.4, 0.5) is 0 Å². The van der Waals surface area contributed by atoms with E-state index < -0.39 is 13.5 Å². The molecule has 0 atom stereocenters. The fourth-order valence-corrected chi connectivity index (χ4v) is 13.7. The maximum atomic E-state index is 5.88. The second kappa shape index (κ2) is 16.0. The van der Waals surface area contributed by atoms with E-state index in [0.717, 1.165) is 17.1 Å². The summed E-state index contributed by atoms with van der Waals surface area (Å²) in [7, 11) is 11.7. The minimum absolute atomic E-state index is 0.0465. The first-order valence-corrected chi connectivity index (χ1v) is 21.4. The van der Waals surface area contributed by atoms with Gasteiger partial charge < -0.3 is 0 Å². The molecule has 3 fully saturated rings. The van der Waals surface area contributed by atoms with Crippen LogP contribution in [0.2, 0.25) is 0 Å².